The molecular weight excluding hydrogens is 388 g/mol. The summed E-state index contributed by atoms with van der Waals surface area (Å²) in [7, 11) is 0. The number of amides is 3. The number of benzene rings is 1. The van der Waals surface area contributed by atoms with Gasteiger partial charge >= 0.3 is 0 Å². The van der Waals surface area contributed by atoms with Crippen LogP contribution in [0.2, 0.25) is 0 Å². The summed E-state index contributed by atoms with van der Waals surface area (Å²) in [6.07, 6.45) is -0.664. The number of hydrogen-bond acceptors (Lipinski definition) is 6. The molecule has 1 unspecified atom stereocenters. The number of β-amino-alcohol motifs (C(OH)–C–C–N with tert-alkyl or cyclic N) is 1. The van der Waals surface area contributed by atoms with E-state index in [2.05, 4.69) is 15.8 Å². The molecule has 0 bridgehead atoms. The second kappa shape index (κ2) is 9.08. The highest BCUT2D eigenvalue weighted by atomic mass is 16.5. The smallest absolute Gasteiger partial charge is 0.245 e. The first-order valence-corrected chi connectivity index (χ1v) is 9.80. The van der Waals surface area contributed by atoms with Gasteiger partial charge < -0.3 is 25.2 Å². The summed E-state index contributed by atoms with van der Waals surface area (Å²) >= 11 is 0. The normalized spacial score (nSPS) is 19.4. The zero-order chi connectivity index (χ0) is 21.8. The predicted molar refractivity (Wildman–Crippen MR) is 108 cm³/mol. The molecule has 3 rings (SSSR count). The summed E-state index contributed by atoms with van der Waals surface area (Å²) in [5.41, 5.74) is 2.71. The zero-order valence-corrected chi connectivity index (χ0v) is 17.2. The van der Waals surface area contributed by atoms with Crippen LogP contribution in [0.15, 0.2) is 34.9 Å². The molecule has 0 saturated carbocycles. The summed E-state index contributed by atoms with van der Waals surface area (Å²) in [6.45, 7) is 5.01. The highest BCUT2D eigenvalue weighted by molar-refractivity contribution is 5.92. The largest absolute Gasteiger partial charge is 0.391 e. The van der Waals surface area contributed by atoms with Gasteiger partial charge in [0, 0.05) is 31.5 Å². The van der Waals surface area contributed by atoms with E-state index in [1.54, 1.807) is 13.0 Å². The van der Waals surface area contributed by atoms with Crippen LogP contribution >= 0.6 is 0 Å². The number of nitrogens with zero attached hydrogens (tertiary/aromatic N) is 2. The van der Waals surface area contributed by atoms with Crippen molar-refractivity contribution in [2.45, 2.75) is 51.9 Å². The Bertz CT molecular complexity index is 924. The van der Waals surface area contributed by atoms with Crippen molar-refractivity contribution in [3.63, 3.8) is 0 Å². The number of hydrogen-bond donors (Lipinski definition) is 3. The van der Waals surface area contributed by atoms with Crippen molar-refractivity contribution in [3.8, 4) is 11.3 Å². The van der Waals surface area contributed by atoms with E-state index < -0.39 is 30.0 Å². The summed E-state index contributed by atoms with van der Waals surface area (Å²) in [5, 5.41) is 19.2. The van der Waals surface area contributed by atoms with Crippen LogP contribution in [0.3, 0.4) is 0 Å². The molecule has 3 N–H and O–H groups in total. The van der Waals surface area contributed by atoms with Gasteiger partial charge in [0.15, 0.2) is 5.76 Å². The Morgan fingerprint density at radius 1 is 1.30 bits per heavy atom. The summed E-state index contributed by atoms with van der Waals surface area (Å²) < 4.78 is 5.30. The van der Waals surface area contributed by atoms with Gasteiger partial charge in [-0.25, -0.2) is 0 Å². The van der Waals surface area contributed by atoms with Gasteiger partial charge in [-0.1, -0.05) is 35.0 Å². The van der Waals surface area contributed by atoms with Gasteiger partial charge in [-0.2, -0.15) is 0 Å². The molecule has 160 valence electrons. The van der Waals surface area contributed by atoms with Crippen molar-refractivity contribution in [2.24, 2.45) is 0 Å². The molecule has 2 heterocycles. The van der Waals surface area contributed by atoms with Crippen LogP contribution in [0.5, 0.6) is 0 Å². The highest BCUT2D eigenvalue weighted by Gasteiger charge is 2.40. The van der Waals surface area contributed by atoms with E-state index in [-0.39, 0.29) is 25.4 Å². The van der Waals surface area contributed by atoms with Crippen molar-refractivity contribution in [2.75, 3.05) is 6.54 Å². The molecule has 1 aliphatic heterocycles. The lowest BCUT2D eigenvalue weighted by Crippen LogP contribution is -2.52. The van der Waals surface area contributed by atoms with Crippen LogP contribution in [-0.4, -0.2) is 57.6 Å². The number of carbonyl (C=O) groups excluding carboxylic acids is 3. The van der Waals surface area contributed by atoms with Crippen molar-refractivity contribution in [1.29, 1.82) is 0 Å². The molecule has 3 amide bonds. The molecule has 1 aromatic heterocycles. The Balaban J connectivity index is 1.61. The standard InChI is InChI=1S/C21H26N4O5/c1-12-4-6-15(7-5-12)18-9-17(30-24-18)10-22-20(28)19-8-16(27)11-25(19)21(29)13(2)23-14(3)26/h4-7,9,13,16,19,27H,8,10-11H2,1-3H3,(H,22,28)(H,23,26)/t13?,16-,19+/m1/s1. The minimum absolute atomic E-state index is 0.0424. The minimum Gasteiger partial charge on any atom is -0.391 e. The van der Waals surface area contributed by atoms with Crippen LogP contribution in [0.1, 0.15) is 31.6 Å². The third kappa shape index (κ3) is 5.04. The quantitative estimate of drug-likeness (QED) is 0.641. The second-order valence-corrected chi connectivity index (χ2v) is 7.58. The number of likely N-dealkylation sites (tertiary alicyclic amines) is 1. The number of carbonyl (C=O) groups is 3. The molecule has 3 atom stereocenters. The molecule has 9 nitrogen and oxygen atoms in total. The van der Waals surface area contributed by atoms with Gasteiger partial charge in [0.25, 0.3) is 0 Å². The van der Waals surface area contributed by atoms with Gasteiger partial charge in [0.05, 0.1) is 12.6 Å². The highest BCUT2D eigenvalue weighted by Crippen LogP contribution is 2.21. The van der Waals surface area contributed by atoms with E-state index in [0.717, 1.165) is 11.1 Å². The number of aliphatic hydroxyl groups excluding tert-OH is 1. The van der Waals surface area contributed by atoms with Crippen LogP contribution in [0, 0.1) is 6.92 Å². The lowest BCUT2D eigenvalue weighted by atomic mass is 10.1. The lowest BCUT2D eigenvalue weighted by molar-refractivity contribution is -0.141. The maximum absolute atomic E-state index is 12.7. The summed E-state index contributed by atoms with van der Waals surface area (Å²) in [5.74, 6) is -0.681. The first-order chi connectivity index (χ1) is 14.2. The van der Waals surface area contributed by atoms with Crippen LogP contribution in [-0.2, 0) is 20.9 Å². The van der Waals surface area contributed by atoms with Gasteiger partial charge in [-0.3, -0.25) is 14.4 Å². The average molecular weight is 414 g/mol. The van der Waals surface area contributed by atoms with Crippen molar-refractivity contribution in [3.05, 3.63) is 41.7 Å². The fourth-order valence-corrected chi connectivity index (χ4v) is 3.47. The van der Waals surface area contributed by atoms with E-state index in [1.165, 1.54) is 11.8 Å². The van der Waals surface area contributed by atoms with E-state index in [9.17, 15) is 19.5 Å². The van der Waals surface area contributed by atoms with Gasteiger partial charge in [0.2, 0.25) is 17.7 Å². The molecule has 2 aromatic rings. The topological polar surface area (TPSA) is 125 Å². The Morgan fingerprint density at radius 3 is 2.67 bits per heavy atom. The zero-order valence-electron chi connectivity index (χ0n) is 17.2. The molecule has 1 saturated heterocycles. The number of aromatic nitrogens is 1. The lowest BCUT2D eigenvalue weighted by Gasteiger charge is -2.26. The maximum atomic E-state index is 12.7. The number of rotatable bonds is 6. The van der Waals surface area contributed by atoms with E-state index >= 15 is 0 Å². The Kier molecular flexibility index (Phi) is 6.51. The fourth-order valence-electron chi connectivity index (χ4n) is 3.47. The molecule has 1 aliphatic rings. The Labute approximate surface area is 174 Å². The third-order valence-corrected chi connectivity index (χ3v) is 5.00. The first kappa shape index (κ1) is 21.5. The number of nitrogens with one attached hydrogen (secondary N) is 2. The predicted octanol–water partition coefficient (Wildman–Crippen LogP) is 0.753. The van der Waals surface area contributed by atoms with Crippen LogP contribution < -0.4 is 10.6 Å². The molecular formula is C21H26N4O5. The van der Waals surface area contributed by atoms with E-state index in [4.69, 9.17) is 4.52 Å². The van der Waals surface area contributed by atoms with Crippen molar-refractivity contribution >= 4 is 17.7 Å². The summed E-state index contributed by atoms with van der Waals surface area (Å²) in [4.78, 5) is 37.8. The van der Waals surface area contributed by atoms with Crippen molar-refractivity contribution in [1.82, 2.24) is 20.7 Å². The maximum Gasteiger partial charge on any atom is 0.245 e. The molecule has 9 heteroatoms. The molecule has 1 aromatic carbocycles. The minimum atomic E-state index is -0.816. The third-order valence-electron chi connectivity index (χ3n) is 5.00. The second-order valence-electron chi connectivity index (χ2n) is 7.58. The molecule has 0 spiro atoms. The SMILES string of the molecule is CC(=O)NC(C)C(=O)N1C[C@H](O)C[C@H]1C(=O)NCc1cc(-c2ccc(C)cc2)no1. The number of aliphatic hydroxyl groups is 1. The van der Waals surface area contributed by atoms with Crippen molar-refractivity contribution < 1.29 is 24.0 Å². The van der Waals surface area contributed by atoms with E-state index in [1.807, 2.05) is 31.2 Å². The molecule has 30 heavy (non-hydrogen) atoms. The summed E-state index contributed by atoms with van der Waals surface area (Å²) in [6, 6.07) is 7.98. The average Bonchev–Trinajstić information content (AvgIpc) is 3.32. The molecule has 0 aliphatic carbocycles. The van der Waals surface area contributed by atoms with E-state index in [0.29, 0.717) is 11.5 Å². The molecule has 1 fully saturated rings. The Morgan fingerprint density at radius 2 is 2.00 bits per heavy atom. The van der Waals surface area contributed by atoms with Gasteiger partial charge in [0.1, 0.15) is 17.8 Å². The monoisotopic (exact) mass is 414 g/mol. The van der Waals surface area contributed by atoms with Gasteiger partial charge in [-0.05, 0) is 13.8 Å². The fraction of sp³-hybridized carbons (Fsp3) is 0.429. The Hall–Kier alpha value is -3.20. The van der Waals surface area contributed by atoms with Crippen LogP contribution in [0.25, 0.3) is 11.3 Å². The van der Waals surface area contributed by atoms with Gasteiger partial charge in [-0.15, -0.1) is 0 Å². The van der Waals surface area contributed by atoms with Crippen LogP contribution in [0.4, 0.5) is 0 Å². The number of aryl methyl sites for hydroxylation is 1. The molecule has 0 radical (unpaired) electrons. The first-order valence-electron chi connectivity index (χ1n) is 9.80.